The predicted molar refractivity (Wildman–Crippen MR) is 52.3 cm³/mol. The lowest BCUT2D eigenvalue weighted by Crippen LogP contribution is -2.20. The topological polar surface area (TPSA) is 32.3 Å². The van der Waals surface area contributed by atoms with E-state index >= 15 is 0 Å². The van der Waals surface area contributed by atoms with Crippen LogP contribution in [-0.2, 0) is 0 Å². The van der Waals surface area contributed by atoms with E-state index in [1.807, 2.05) is 0 Å². The van der Waals surface area contributed by atoms with Gasteiger partial charge in [-0.1, -0.05) is 0 Å². The number of alkyl halides is 3. The first-order valence-corrected chi connectivity index (χ1v) is 5.57. The van der Waals surface area contributed by atoms with Crippen LogP contribution >= 0.6 is 11.8 Å². The summed E-state index contributed by atoms with van der Waals surface area (Å²) in [5, 5.41) is 11.4. The molecule has 0 bridgehead atoms. The Bertz CT molecular complexity index is 132. The van der Waals surface area contributed by atoms with Crippen molar-refractivity contribution in [2.75, 3.05) is 25.4 Å². The van der Waals surface area contributed by atoms with Crippen LogP contribution in [-0.4, -0.2) is 36.1 Å². The molecule has 0 aromatic heterocycles. The van der Waals surface area contributed by atoms with Gasteiger partial charge in [0.1, 0.15) is 0 Å². The van der Waals surface area contributed by atoms with E-state index in [1.54, 1.807) is 0 Å². The van der Waals surface area contributed by atoms with E-state index < -0.39 is 5.51 Å². The second-order valence-electron chi connectivity index (χ2n) is 2.83. The lowest BCUT2D eigenvalue weighted by Gasteiger charge is -2.06. The van der Waals surface area contributed by atoms with Gasteiger partial charge in [-0.15, -0.1) is 0 Å². The van der Waals surface area contributed by atoms with Gasteiger partial charge in [0.15, 0.2) is 0 Å². The van der Waals surface area contributed by atoms with Crippen LogP contribution in [0, 0.1) is 0 Å². The van der Waals surface area contributed by atoms with Crippen molar-refractivity contribution in [2.45, 2.75) is 24.8 Å². The number of hydrogen-bond donors (Lipinski definition) is 2. The van der Waals surface area contributed by atoms with Gasteiger partial charge in [-0.3, -0.25) is 0 Å². The van der Waals surface area contributed by atoms with Crippen molar-refractivity contribution in [3.05, 3.63) is 0 Å². The molecule has 6 heteroatoms. The smallest absolute Gasteiger partial charge is 0.396 e. The van der Waals surface area contributed by atoms with E-state index in [-0.39, 0.29) is 24.1 Å². The SMILES string of the molecule is OCCCCCNCCSC(F)(F)F. The van der Waals surface area contributed by atoms with Gasteiger partial charge in [-0.05, 0) is 37.6 Å². The van der Waals surface area contributed by atoms with Gasteiger partial charge in [0.05, 0.1) is 0 Å². The van der Waals surface area contributed by atoms with E-state index in [2.05, 4.69) is 5.32 Å². The summed E-state index contributed by atoms with van der Waals surface area (Å²) in [6, 6.07) is 0. The Labute approximate surface area is 86.3 Å². The quantitative estimate of drug-likeness (QED) is 0.627. The Hall–Kier alpha value is 0.0600. The third kappa shape index (κ3) is 12.1. The summed E-state index contributed by atoms with van der Waals surface area (Å²) in [5.74, 6) is 0.0590. The van der Waals surface area contributed by atoms with E-state index in [1.165, 1.54) is 0 Å². The second-order valence-corrected chi connectivity index (χ2v) is 3.99. The fourth-order valence-corrected chi connectivity index (χ4v) is 1.38. The summed E-state index contributed by atoms with van der Waals surface area (Å²) in [4.78, 5) is 0. The molecule has 0 saturated heterocycles. The molecule has 0 unspecified atom stereocenters. The van der Waals surface area contributed by atoms with Crippen LogP contribution in [0.25, 0.3) is 0 Å². The number of halogens is 3. The molecule has 0 spiro atoms. The largest absolute Gasteiger partial charge is 0.441 e. The second kappa shape index (κ2) is 8.38. The van der Waals surface area contributed by atoms with Crippen molar-refractivity contribution >= 4 is 11.8 Å². The molecule has 0 heterocycles. The maximum Gasteiger partial charge on any atom is 0.441 e. The van der Waals surface area contributed by atoms with Gasteiger partial charge in [0.25, 0.3) is 0 Å². The summed E-state index contributed by atoms with van der Waals surface area (Å²) >= 11 is -0.000633. The zero-order valence-electron chi connectivity index (χ0n) is 7.94. The first-order chi connectivity index (χ1) is 6.56. The zero-order valence-corrected chi connectivity index (χ0v) is 8.76. The molecule has 2 nitrogen and oxygen atoms in total. The summed E-state index contributed by atoms with van der Waals surface area (Å²) in [6.45, 7) is 1.28. The van der Waals surface area contributed by atoms with E-state index in [0.717, 1.165) is 25.8 Å². The molecule has 0 aliphatic carbocycles. The molecule has 0 radical (unpaired) electrons. The molecule has 0 rings (SSSR count). The van der Waals surface area contributed by atoms with Crippen LogP contribution in [0.1, 0.15) is 19.3 Å². The van der Waals surface area contributed by atoms with E-state index in [0.29, 0.717) is 6.54 Å². The van der Waals surface area contributed by atoms with Crippen LogP contribution in [0.4, 0.5) is 13.2 Å². The molecular weight excluding hydrogens is 215 g/mol. The highest BCUT2D eigenvalue weighted by Crippen LogP contribution is 2.29. The van der Waals surface area contributed by atoms with Crippen LogP contribution < -0.4 is 5.32 Å². The molecule has 2 N–H and O–H groups in total. The maximum absolute atomic E-state index is 11.6. The number of aliphatic hydroxyl groups excluding tert-OH is 1. The lowest BCUT2D eigenvalue weighted by molar-refractivity contribution is -0.0327. The number of hydrogen-bond acceptors (Lipinski definition) is 3. The Kier molecular flexibility index (Phi) is 8.41. The van der Waals surface area contributed by atoms with Crippen molar-refractivity contribution in [3.63, 3.8) is 0 Å². The third-order valence-electron chi connectivity index (χ3n) is 1.56. The molecule has 0 saturated carbocycles. The van der Waals surface area contributed by atoms with E-state index in [9.17, 15) is 13.2 Å². The average Bonchev–Trinajstić information content (AvgIpc) is 2.08. The molecule has 0 fully saturated rings. The van der Waals surface area contributed by atoms with Gasteiger partial charge in [-0.2, -0.15) is 13.2 Å². The van der Waals surface area contributed by atoms with Crippen LogP contribution in [0.5, 0.6) is 0 Å². The molecule has 0 aliphatic heterocycles. The van der Waals surface area contributed by atoms with Gasteiger partial charge >= 0.3 is 5.51 Å². The van der Waals surface area contributed by atoms with Crippen LogP contribution in [0.15, 0.2) is 0 Å². The maximum atomic E-state index is 11.6. The monoisotopic (exact) mass is 231 g/mol. The molecule has 86 valence electrons. The standard InChI is InChI=1S/C8H16F3NOS/c9-8(10,11)14-7-5-12-4-2-1-3-6-13/h12-13H,1-7H2. The number of aliphatic hydroxyl groups is 1. The first-order valence-electron chi connectivity index (χ1n) is 4.58. The lowest BCUT2D eigenvalue weighted by atomic mass is 10.2. The zero-order chi connectivity index (χ0) is 10.9. The van der Waals surface area contributed by atoms with Gasteiger partial charge in [0, 0.05) is 18.9 Å². The van der Waals surface area contributed by atoms with Gasteiger partial charge in [0.2, 0.25) is 0 Å². The minimum absolute atomic E-state index is 0.000633. The number of unbranched alkanes of at least 4 members (excludes halogenated alkanes) is 2. The van der Waals surface area contributed by atoms with Crippen molar-refractivity contribution in [1.82, 2.24) is 5.32 Å². The molecule has 0 amide bonds. The molecule has 14 heavy (non-hydrogen) atoms. The van der Waals surface area contributed by atoms with Gasteiger partial charge < -0.3 is 10.4 Å². The Balaban J connectivity index is 2.99. The summed E-state index contributed by atoms with van der Waals surface area (Å²) < 4.78 is 34.9. The number of nitrogens with one attached hydrogen (secondary N) is 1. The number of rotatable bonds is 8. The fraction of sp³-hybridized carbons (Fsp3) is 1.00. The Morgan fingerprint density at radius 2 is 1.79 bits per heavy atom. The highest BCUT2D eigenvalue weighted by Gasteiger charge is 2.27. The Morgan fingerprint density at radius 3 is 2.36 bits per heavy atom. The van der Waals surface area contributed by atoms with Crippen molar-refractivity contribution in [1.29, 1.82) is 0 Å². The molecule has 0 atom stereocenters. The highest BCUT2D eigenvalue weighted by atomic mass is 32.2. The van der Waals surface area contributed by atoms with E-state index in [4.69, 9.17) is 5.11 Å². The van der Waals surface area contributed by atoms with Crippen LogP contribution in [0.3, 0.4) is 0 Å². The molecule has 0 aliphatic rings. The molecule has 0 aromatic rings. The molecule has 0 aromatic carbocycles. The number of thioether (sulfide) groups is 1. The van der Waals surface area contributed by atoms with Crippen LogP contribution in [0.2, 0.25) is 0 Å². The van der Waals surface area contributed by atoms with Crippen molar-refractivity contribution in [3.8, 4) is 0 Å². The Morgan fingerprint density at radius 1 is 1.07 bits per heavy atom. The van der Waals surface area contributed by atoms with Gasteiger partial charge in [-0.25, -0.2) is 0 Å². The minimum Gasteiger partial charge on any atom is -0.396 e. The first kappa shape index (κ1) is 14.1. The predicted octanol–water partition coefficient (Wildman–Crippen LogP) is 1.99. The minimum atomic E-state index is -4.11. The fourth-order valence-electron chi connectivity index (χ4n) is 0.903. The van der Waals surface area contributed by atoms with Crippen molar-refractivity contribution < 1.29 is 18.3 Å². The third-order valence-corrected chi connectivity index (χ3v) is 2.29. The normalized spacial score (nSPS) is 12.0. The highest BCUT2D eigenvalue weighted by molar-refractivity contribution is 8.00. The summed E-state index contributed by atoms with van der Waals surface area (Å²) in [5.41, 5.74) is -4.11. The summed E-state index contributed by atoms with van der Waals surface area (Å²) in [6.07, 6.45) is 2.58. The van der Waals surface area contributed by atoms with Crippen molar-refractivity contribution in [2.24, 2.45) is 0 Å². The molecular formula is C8H16F3NOS. The summed E-state index contributed by atoms with van der Waals surface area (Å²) in [7, 11) is 0. The average molecular weight is 231 g/mol.